The lowest BCUT2D eigenvalue weighted by molar-refractivity contribution is 0.0941. The lowest BCUT2D eigenvalue weighted by atomic mass is 10.1. The average Bonchev–Trinajstić information content (AvgIpc) is 2.72. The lowest BCUT2D eigenvalue weighted by Gasteiger charge is -2.10. The molecule has 30 heavy (non-hydrogen) atoms. The maximum atomic E-state index is 12.4. The zero-order chi connectivity index (χ0) is 21.7. The summed E-state index contributed by atoms with van der Waals surface area (Å²) in [6.45, 7) is 4.05. The quantitative estimate of drug-likeness (QED) is 0.493. The van der Waals surface area contributed by atoms with E-state index in [1.165, 1.54) is 30.6 Å². The zero-order valence-corrected chi connectivity index (χ0v) is 16.5. The molecule has 0 bridgehead atoms. The Bertz CT molecular complexity index is 1080. The van der Waals surface area contributed by atoms with Crippen LogP contribution in [-0.2, 0) is 6.54 Å². The highest BCUT2D eigenvalue weighted by molar-refractivity contribution is 6.04. The fourth-order valence-corrected chi connectivity index (χ4v) is 2.63. The van der Waals surface area contributed by atoms with Gasteiger partial charge in [-0.05, 0) is 47.4 Å². The highest BCUT2D eigenvalue weighted by atomic mass is 16.3. The van der Waals surface area contributed by atoms with Crippen LogP contribution in [0.1, 0.15) is 51.9 Å². The molecule has 3 aromatic rings. The van der Waals surface area contributed by atoms with E-state index in [9.17, 15) is 19.8 Å². The fraction of sp³-hybridized carbons (Fsp3) is 0.190. The first-order valence-corrected chi connectivity index (χ1v) is 9.22. The average molecular weight is 407 g/mol. The summed E-state index contributed by atoms with van der Waals surface area (Å²) < 4.78 is 0. The standard InChI is InChI=1S/C21H21N5O4/c1-12(2)14-9-16(28)19(24-11-14)21(30)26-17-8-13(5-7-22-17)10-25-20(29)18-15(27)4-3-6-23-18/h3-9,11-12,27-28H,10H2,1-2H3,(H,25,29)(H,22,26,30). The van der Waals surface area contributed by atoms with Crippen LogP contribution < -0.4 is 10.6 Å². The molecule has 0 aromatic carbocycles. The Balaban J connectivity index is 1.66. The predicted octanol–water partition coefficient (Wildman–Crippen LogP) is 2.59. The second-order valence-electron chi connectivity index (χ2n) is 6.85. The minimum absolute atomic E-state index is 0.0773. The van der Waals surface area contributed by atoms with Gasteiger partial charge in [0.25, 0.3) is 11.8 Å². The molecule has 0 aliphatic rings. The molecule has 0 saturated heterocycles. The van der Waals surface area contributed by atoms with Crippen LogP contribution in [0, 0.1) is 0 Å². The van der Waals surface area contributed by atoms with Crippen LogP contribution in [-0.4, -0.2) is 37.0 Å². The number of nitrogens with one attached hydrogen (secondary N) is 2. The normalized spacial score (nSPS) is 10.6. The van der Waals surface area contributed by atoms with Crippen LogP contribution in [0.25, 0.3) is 0 Å². The summed E-state index contributed by atoms with van der Waals surface area (Å²) in [6.07, 6.45) is 4.43. The Kier molecular flexibility index (Phi) is 6.21. The van der Waals surface area contributed by atoms with Gasteiger partial charge >= 0.3 is 0 Å². The number of nitrogens with zero attached hydrogens (tertiary/aromatic N) is 3. The second-order valence-corrected chi connectivity index (χ2v) is 6.85. The minimum Gasteiger partial charge on any atom is -0.505 e. The number of hydrogen-bond acceptors (Lipinski definition) is 7. The van der Waals surface area contributed by atoms with Gasteiger partial charge in [0.2, 0.25) is 0 Å². The molecule has 0 unspecified atom stereocenters. The highest BCUT2D eigenvalue weighted by Crippen LogP contribution is 2.22. The van der Waals surface area contributed by atoms with Crippen molar-refractivity contribution in [3.05, 3.63) is 71.4 Å². The number of hydrogen-bond donors (Lipinski definition) is 4. The van der Waals surface area contributed by atoms with E-state index in [1.54, 1.807) is 18.3 Å². The van der Waals surface area contributed by atoms with Crippen molar-refractivity contribution in [3.63, 3.8) is 0 Å². The Labute approximate surface area is 172 Å². The van der Waals surface area contributed by atoms with Gasteiger partial charge in [0, 0.05) is 25.1 Å². The molecule has 0 aliphatic carbocycles. The zero-order valence-electron chi connectivity index (χ0n) is 16.5. The third-order valence-electron chi connectivity index (χ3n) is 4.29. The summed E-state index contributed by atoms with van der Waals surface area (Å²) in [6, 6.07) is 7.66. The molecule has 3 aromatic heterocycles. The van der Waals surface area contributed by atoms with Gasteiger partial charge in [-0.1, -0.05) is 13.8 Å². The Morgan fingerprint density at radius 3 is 2.43 bits per heavy atom. The van der Waals surface area contributed by atoms with Crippen LogP contribution >= 0.6 is 0 Å². The van der Waals surface area contributed by atoms with E-state index in [0.717, 1.165) is 5.56 Å². The maximum Gasteiger partial charge on any atom is 0.279 e. The van der Waals surface area contributed by atoms with E-state index >= 15 is 0 Å². The van der Waals surface area contributed by atoms with Crippen molar-refractivity contribution in [1.82, 2.24) is 20.3 Å². The summed E-state index contributed by atoms with van der Waals surface area (Å²) in [5.74, 6) is -1.15. The summed E-state index contributed by atoms with van der Waals surface area (Å²) in [4.78, 5) is 36.5. The predicted molar refractivity (Wildman–Crippen MR) is 109 cm³/mol. The molecule has 154 valence electrons. The summed E-state index contributed by atoms with van der Waals surface area (Å²) >= 11 is 0. The van der Waals surface area contributed by atoms with Crippen molar-refractivity contribution in [2.75, 3.05) is 5.32 Å². The Hall–Kier alpha value is -4.01. The van der Waals surface area contributed by atoms with Gasteiger partial charge in [-0.15, -0.1) is 0 Å². The monoisotopic (exact) mass is 407 g/mol. The Morgan fingerprint density at radius 1 is 0.967 bits per heavy atom. The van der Waals surface area contributed by atoms with E-state index in [-0.39, 0.29) is 41.2 Å². The molecular weight excluding hydrogens is 386 g/mol. The molecule has 3 rings (SSSR count). The molecule has 3 heterocycles. The maximum absolute atomic E-state index is 12.4. The van der Waals surface area contributed by atoms with E-state index in [2.05, 4.69) is 25.6 Å². The third-order valence-corrected chi connectivity index (χ3v) is 4.29. The minimum atomic E-state index is -0.602. The van der Waals surface area contributed by atoms with Crippen molar-refractivity contribution in [3.8, 4) is 11.5 Å². The lowest BCUT2D eigenvalue weighted by Crippen LogP contribution is -2.24. The van der Waals surface area contributed by atoms with E-state index in [1.807, 2.05) is 13.8 Å². The van der Waals surface area contributed by atoms with Crippen molar-refractivity contribution in [1.29, 1.82) is 0 Å². The number of carbonyl (C=O) groups is 2. The van der Waals surface area contributed by atoms with Crippen molar-refractivity contribution in [2.24, 2.45) is 0 Å². The van der Waals surface area contributed by atoms with Crippen LogP contribution in [0.15, 0.2) is 48.9 Å². The van der Waals surface area contributed by atoms with E-state index in [4.69, 9.17) is 0 Å². The first kappa shape index (κ1) is 20.7. The Morgan fingerprint density at radius 2 is 1.73 bits per heavy atom. The first-order valence-electron chi connectivity index (χ1n) is 9.22. The SMILES string of the molecule is CC(C)c1cnc(C(=O)Nc2cc(CNC(=O)c3ncccc3O)ccn2)c(O)c1. The number of aromatic hydroxyl groups is 2. The fourth-order valence-electron chi connectivity index (χ4n) is 2.63. The van der Waals surface area contributed by atoms with Crippen molar-refractivity contribution < 1.29 is 19.8 Å². The van der Waals surface area contributed by atoms with E-state index in [0.29, 0.717) is 5.56 Å². The third kappa shape index (κ3) is 4.88. The molecule has 0 fully saturated rings. The smallest absolute Gasteiger partial charge is 0.279 e. The van der Waals surface area contributed by atoms with Gasteiger partial charge in [0.15, 0.2) is 11.4 Å². The van der Waals surface area contributed by atoms with Crippen LogP contribution in [0.5, 0.6) is 11.5 Å². The van der Waals surface area contributed by atoms with Crippen LogP contribution in [0.2, 0.25) is 0 Å². The number of amides is 2. The van der Waals surface area contributed by atoms with Gasteiger partial charge in [-0.3, -0.25) is 9.59 Å². The topological polar surface area (TPSA) is 137 Å². The number of aromatic nitrogens is 3. The number of anilines is 1. The molecule has 4 N–H and O–H groups in total. The van der Waals surface area contributed by atoms with Gasteiger partial charge in [-0.2, -0.15) is 0 Å². The van der Waals surface area contributed by atoms with Crippen molar-refractivity contribution in [2.45, 2.75) is 26.3 Å². The van der Waals surface area contributed by atoms with E-state index < -0.39 is 11.8 Å². The number of carbonyl (C=O) groups excluding carboxylic acids is 2. The molecule has 9 nitrogen and oxygen atoms in total. The molecule has 0 spiro atoms. The molecular formula is C21H21N5O4. The van der Waals surface area contributed by atoms with Crippen LogP contribution in [0.3, 0.4) is 0 Å². The molecule has 2 amide bonds. The highest BCUT2D eigenvalue weighted by Gasteiger charge is 2.16. The summed E-state index contributed by atoms with van der Waals surface area (Å²) in [5.41, 5.74) is 1.30. The largest absolute Gasteiger partial charge is 0.505 e. The molecule has 0 atom stereocenters. The first-order chi connectivity index (χ1) is 14.3. The number of pyridine rings is 3. The second kappa shape index (κ2) is 8.99. The van der Waals surface area contributed by atoms with Gasteiger partial charge < -0.3 is 20.8 Å². The van der Waals surface area contributed by atoms with Gasteiger partial charge in [0.05, 0.1) is 0 Å². The van der Waals surface area contributed by atoms with Crippen LogP contribution in [0.4, 0.5) is 5.82 Å². The molecule has 0 aliphatic heterocycles. The van der Waals surface area contributed by atoms with Gasteiger partial charge in [0.1, 0.15) is 17.3 Å². The molecule has 0 saturated carbocycles. The molecule has 9 heteroatoms. The van der Waals surface area contributed by atoms with Crippen molar-refractivity contribution >= 4 is 17.6 Å². The van der Waals surface area contributed by atoms with Gasteiger partial charge in [-0.25, -0.2) is 15.0 Å². The number of rotatable bonds is 6. The summed E-state index contributed by atoms with van der Waals surface area (Å²) in [5, 5.41) is 25.0. The molecule has 0 radical (unpaired) electrons. The summed E-state index contributed by atoms with van der Waals surface area (Å²) in [7, 11) is 0.